The van der Waals surface area contributed by atoms with E-state index >= 15 is 0 Å². The van der Waals surface area contributed by atoms with Crippen molar-refractivity contribution in [2.45, 2.75) is 27.4 Å². The Morgan fingerprint density at radius 3 is 2.56 bits per heavy atom. The minimum absolute atomic E-state index is 0.930. The second kappa shape index (κ2) is 4.66. The predicted octanol–water partition coefficient (Wildman–Crippen LogP) is 2.64. The molecule has 3 nitrogen and oxygen atoms in total. The molecule has 0 atom stereocenters. The molecule has 0 N–H and O–H groups in total. The highest BCUT2D eigenvalue weighted by Crippen LogP contribution is 2.15. The van der Waals surface area contributed by atoms with E-state index in [0.717, 1.165) is 31.1 Å². The highest BCUT2D eigenvalue weighted by Gasteiger charge is 2.08. The monoisotopic (exact) mass is 217 g/mol. The van der Waals surface area contributed by atoms with Crippen LogP contribution < -0.4 is 0 Å². The summed E-state index contributed by atoms with van der Waals surface area (Å²) in [4.78, 5) is 6.96. The molecule has 2 rings (SSSR count). The number of aromatic nitrogens is 2. The molecule has 0 radical (unpaired) electrons. The van der Waals surface area contributed by atoms with E-state index in [-0.39, 0.29) is 0 Å². The SMILES string of the molecule is CCN(CC)Cn1c(C)nc2ccccc21. The second-order valence-corrected chi connectivity index (χ2v) is 4.02. The van der Waals surface area contributed by atoms with E-state index in [4.69, 9.17) is 0 Å². The van der Waals surface area contributed by atoms with E-state index in [1.807, 2.05) is 6.07 Å². The van der Waals surface area contributed by atoms with Gasteiger partial charge >= 0.3 is 0 Å². The number of para-hydroxylation sites is 2. The zero-order valence-corrected chi connectivity index (χ0v) is 10.3. The van der Waals surface area contributed by atoms with Gasteiger partial charge in [0, 0.05) is 0 Å². The molecule has 86 valence electrons. The fourth-order valence-electron chi connectivity index (χ4n) is 2.00. The molecule has 0 saturated carbocycles. The highest BCUT2D eigenvalue weighted by molar-refractivity contribution is 5.75. The van der Waals surface area contributed by atoms with Gasteiger partial charge in [-0.3, -0.25) is 4.90 Å². The standard InChI is InChI=1S/C13H19N3/c1-4-15(5-2)10-16-11(3)14-12-8-6-7-9-13(12)16/h6-9H,4-5,10H2,1-3H3. The minimum atomic E-state index is 0.930. The average Bonchev–Trinajstić information content (AvgIpc) is 2.62. The molecule has 2 aromatic rings. The first-order valence-electron chi connectivity index (χ1n) is 5.90. The highest BCUT2D eigenvalue weighted by atomic mass is 15.3. The number of hydrogen-bond acceptors (Lipinski definition) is 2. The molecule has 0 amide bonds. The Labute approximate surface area is 96.7 Å². The Bertz CT molecular complexity index is 469. The van der Waals surface area contributed by atoms with Crippen LogP contribution in [-0.4, -0.2) is 27.5 Å². The summed E-state index contributed by atoms with van der Waals surface area (Å²) in [5.74, 6) is 1.09. The smallest absolute Gasteiger partial charge is 0.107 e. The first-order chi connectivity index (χ1) is 7.76. The zero-order valence-electron chi connectivity index (χ0n) is 10.3. The minimum Gasteiger partial charge on any atom is -0.314 e. The third kappa shape index (κ3) is 1.95. The van der Waals surface area contributed by atoms with Crippen LogP contribution in [0.4, 0.5) is 0 Å². The van der Waals surface area contributed by atoms with Crippen molar-refractivity contribution in [1.82, 2.24) is 14.5 Å². The topological polar surface area (TPSA) is 21.1 Å². The number of rotatable bonds is 4. The Hall–Kier alpha value is -1.35. The summed E-state index contributed by atoms with van der Waals surface area (Å²) in [6.45, 7) is 9.53. The number of fused-ring (bicyclic) bond motifs is 1. The zero-order chi connectivity index (χ0) is 11.5. The van der Waals surface area contributed by atoms with E-state index in [1.165, 1.54) is 5.52 Å². The van der Waals surface area contributed by atoms with Crippen LogP contribution in [0.1, 0.15) is 19.7 Å². The van der Waals surface area contributed by atoms with Gasteiger partial charge in [-0.1, -0.05) is 26.0 Å². The maximum atomic E-state index is 4.57. The van der Waals surface area contributed by atoms with Gasteiger partial charge < -0.3 is 4.57 Å². The first-order valence-corrected chi connectivity index (χ1v) is 5.90. The maximum Gasteiger partial charge on any atom is 0.107 e. The molecule has 0 saturated heterocycles. The Kier molecular flexibility index (Phi) is 3.25. The van der Waals surface area contributed by atoms with E-state index in [9.17, 15) is 0 Å². The van der Waals surface area contributed by atoms with Crippen molar-refractivity contribution in [1.29, 1.82) is 0 Å². The van der Waals surface area contributed by atoms with Crippen molar-refractivity contribution < 1.29 is 0 Å². The van der Waals surface area contributed by atoms with Crippen LogP contribution in [0.15, 0.2) is 24.3 Å². The number of imidazole rings is 1. The van der Waals surface area contributed by atoms with Gasteiger partial charge in [-0.05, 0) is 32.1 Å². The lowest BCUT2D eigenvalue weighted by Crippen LogP contribution is -2.26. The number of benzene rings is 1. The first kappa shape index (κ1) is 11.1. The number of nitrogens with zero attached hydrogens (tertiary/aromatic N) is 3. The van der Waals surface area contributed by atoms with E-state index in [2.05, 4.69) is 53.4 Å². The van der Waals surface area contributed by atoms with E-state index in [1.54, 1.807) is 0 Å². The molecule has 0 spiro atoms. The summed E-state index contributed by atoms with van der Waals surface area (Å²) in [5, 5.41) is 0. The van der Waals surface area contributed by atoms with Gasteiger partial charge in [-0.2, -0.15) is 0 Å². The van der Waals surface area contributed by atoms with Crippen LogP contribution in [0.3, 0.4) is 0 Å². The van der Waals surface area contributed by atoms with Gasteiger partial charge in [-0.25, -0.2) is 4.98 Å². The van der Waals surface area contributed by atoms with Crippen LogP contribution in [0.2, 0.25) is 0 Å². The summed E-state index contributed by atoms with van der Waals surface area (Å²) in [5.41, 5.74) is 2.32. The summed E-state index contributed by atoms with van der Waals surface area (Å²) >= 11 is 0. The molecule has 0 bridgehead atoms. The summed E-state index contributed by atoms with van der Waals surface area (Å²) in [7, 11) is 0. The largest absolute Gasteiger partial charge is 0.314 e. The van der Waals surface area contributed by atoms with Crippen molar-refractivity contribution in [3.63, 3.8) is 0 Å². The quantitative estimate of drug-likeness (QED) is 0.785. The average molecular weight is 217 g/mol. The molecule has 1 aromatic heterocycles. The molecule has 0 unspecified atom stereocenters. The van der Waals surface area contributed by atoms with Gasteiger partial charge in [0.2, 0.25) is 0 Å². The van der Waals surface area contributed by atoms with Crippen LogP contribution in [0.5, 0.6) is 0 Å². The maximum absolute atomic E-state index is 4.57. The third-order valence-corrected chi connectivity index (χ3v) is 3.08. The van der Waals surface area contributed by atoms with Crippen molar-refractivity contribution >= 4 is 11.0 Å². The lowest BCUT2D eigenvalue weighted by Gasteiger charge is -2.20. The molecule has 0 aliphatic rings. The normalized spacial score (nSPS) is 11.5. The fraction of sp³-hybridized carbons (Fsp3) is 0.462. The van der Waals surface area contributed by atoms with Crippen molar-refractivity contribution in [2.75, 3.05) is 13.1 Å². The molecular weight excluding hydrogens is 198 g/mol. The van der Waals surface area contributed by atoms with E-state index in [0.29, 0.717) is 0 Å². The molecule has 1 aromatic carbocycles. The summed E-state index contributed by atoms with van der Waals surface area (Å²) < 4.78 is 2.28. The van der Waals surface area contributed by atoms with Crippen molar-refractivity contribution in [3.05, 3.63) is 30.1 Å². The molecule has 0 aliphatic heterocycles. The molecule has 0 aliphatic carbocycles. The van der Waals surface area contributed by atoms with Crippen LogP contribution >= 0.6 is 0 Å². The van der Waals surface area contributed by atoms with Crippen molar-refractivity contribution in [3.8, 4) is 0 Å². The molecule has 1 heterocycles. The lowest BCUT2D eigenvalue weighted by atomic mass is 10.3. The van der Waals surface area contributed by atoms with Gasteiger partial charge in [0.25, 0.3) is 0 Å². The van der Waals surface area contributed by atoms with Gasteiger partial charge in [0.1, 0.15) is 5.82 Å². The summed E-state index contributed by atoms with van der Waals surface area (Å²) in [6, 6.07) is 8.32. The van der Waals surface area contributed by atoms with Crippen LogP contribution in [-0.2, 0) is 6.67 Å². The number of aryl methyl sites for hydroxylation is 1. The predicted molar refractivity (Wildman–Crippen MR) is 67.4 cm³/mol. The third-order valence-electron chi connectivity index (χ3n) is 3.08. The Balaban J connectivity index is 2.39. The Morgan fingerprint density at radius 2 is 1.88 bits per heavy atom. The molecule has 0 fully saturated rings. The van der Waals surface area contributed by atoms with Gasteiger partial charge in [0.05, 0.1) is 17.7 Å². The van der Waals surface area contributed by atoms with Gasteiger partial charge in [0.15, 0.2) is 0 Å². The lowest BCUT2D eigenvalue weighted by molar-refractivity contribution is 0.243. The summed E-state index contributed by atoms with van der Waals surface area (Å²) in [6.07, 6.45) is 0. The molecular formula is C13H19N3. The van der Waals surface area contributed by atoms with Gasteiger partial charge in [-0.15, -0.1) is 0 Å². The molecule has 16 heavy (non-hydrogen) atoms. The fourth-order valence-corrected chi connectivity index (χ4v) is 2.00. The van der Waals surface area contributed by atoms with E-state index < -0.39 is 0 Å². The van der Waals surface area contributed by atoms with Crippen molar-refractivity contribution in [2.24, 2.45) is 0 Å². The second-order valence-electron chi connectivity index (χ2n) is 4.02. The molecule has 3 heteroatoms. The Morgan fingerprint density at radius 1 is 1.19 bits per heavy atom. The van der Waals surface area contributed by atoms with Crippen LogP contribution in [0, 0.1) is 6.92 Å². The van der Waals surface area contributed by atoms with Crippen LogP contribution in [0.25, 0.3) is 11.0 Å². The number of hydrogen-bond donors (Lipinski definition) is 0.